The molecule has 3 rings (SSSR count). The van der Waals surface area contributed by atoms with Gasteiger partial charge in [-0.1, -0.05) is 0 Å². The van der Waals surface area contributed by atoms with Gasteiger partial charge in [-0.3, -0.25) is 9.89 Å². The predicted molar refractivity (Wildman–Crippen MR) is 115 cm³/mol. The summed E-state index contributed by atoms with van der Waals surface area (Å²) in [5.74, 6) is 2.69. The second-order valence-corrected chi connectivity index (χ2v) is 7.27. The summed E-state index contributed by atoms with van der Waals surface area (Å²) in [6.45, 7) is 9.08. The summed E-state index contributed by atoms with van der Waals surface area (Å²) in [4.78, 5) is 7.07. The van der Waals surface area contributed by atoms with Gasteiger partial charge in [-0.25, -0.2) is 0 Å². The van der Waals surface area contributed by atoms with Gasteiger partial charge in [-0.05, 0) is 64.8 Å². The molecule has 148 valence electrons. The van der Waals surface area contributed by atoms with Gasteiger partial charge in [0.25, 0.3) is 0 Å². The Labute approximate surface area is 174 Å². The number of hydrogen-bond acceptors (Lipinski definition) is 4. The fourth-order valence-corrected chi connectivity index (χ4v) is 3.95. The molecular weight excluding hydrogens is 443 g/mol. The zero-order chi connectivity index (χ0) is 17.7. The summed E-state index contributed by atoms with van der Waals surface area (Å²) in [5, 5.41) is 7.00. The maximum atomic E-state index is 5.72. The Balaban J connectivity index is 0.00000243. The molecule has 2 fully saturated rings. The van der Waals surface area contributed by atoms with Crippen molar-refractivity contribution in [1.29, 1.82) is 0 Å². The molecule has 2 N–H and O–H groups in total. The Hall–Kier alpha value is -0.800. The summed E-state index contributed by atoms with van der Waals surface area (Å²) < 4.78 is 11.3. The van der Waals surface area contributed by atoms with E-state index >= 15 is 0 Å². The highest BCUT2D eigenvalue weighted by atomic mass is 127. The third-order valence-corrected chi connectivity index (χ3v) is 5.55. The number of aliphatic imine (C=N–C) groups is 1. The van der Waals surface area contributed by atoms with Crippen molar-refractivity contribution < 1.29 is 9.15 Å². The highest BCUT2D eigenvalue weighted by Gasteiger charge is 2.39. The maximum Gasteiger partial charge on any atom is 0.191 e. The molecule has 3 heterocycles. The number of rotatable bonds is 5. The second-order valence-electron chi connectivity index (χ2n) is 7.27. The van der Waals surface area contributed by atoms with Crippen molar-refractivity contribution in [1.82, 2.24) is 15.5 Å². The maximum absolute atomic E-state index is 5.72. The molecule has 1 atom stereocenters. The Morgan fingerprint density at radius 3 is 2.54 bits per heavy atom. The fraction of sp³-hybridized carbons (Fsp3) is 0.737. The van der Waals surface area contributed by atoms with E-state index in [1.165, 1.54) is 25.9 Å². The molecule has 2 saturated heterocycles. The summed E-state index contributed by atoms with van der Waals surface area (Å²) in [7, 11) is 1.82. The van der Waals surface area contributed by atoms with Gasteiger partial charge in [0.2, 0.25) is 0 Å². The van der Waals surface area contributed by atoms with Crippen LogP contribution < -0.4 is 10.6 Å². The minimum absolute atomic E-state index is 0. The third kappa shape index (κ3) is 5.13. The van der Waals surface area contributed by atoms with Crippen LogP contribution in [-0.2, 0) is 4.74 Å². The van der Waals surface area contributed by atoms with E-state index in [2.05, 4.69) is 27.4 Å². The highest BCUT2D eigenvalue weighted by molar-refractivity contribution is 14.0. The average molecular weight is 476 g/mol. The SMILES string of the molecule is CN=C(NCC1(N2CCCC2)CCOCC1)NC(C)c1ccc(C)o1.I. The van der Waals surface area contributed by atoms with Crippen LogP contribution in [0.2, 0.25) is 0 Å². The first-order chi connectivity index (χ1) is 12.1. The number of halogens is 1. The van der Waals surface area contributed by atoms with Crippen LogP contribution in [-0.4, -0.2) is 56.3 Å². The van der Waals surface area contributed by atoms with E-state index in [1.807, 2.05) is 26.1 Å². The Kier molecular flexibility index (Phi) is 8.22. The van der Waals surface area contributed by atoms with Crippen LogP contribution in [0.15, 0.2) is 21.5 Å². The molecule has 0 bridgehead atoms. The number of likely N-dealkylation sites (tertiary alicyclic amines) is 1. The number of aryl methyl sites for hydroxylation is 1. The first kappa shape index (κ1) is 21.5. The normalized spacial score (nSPS) is 21.9. The first-order valence-corrected chi connectivity index (χ1v) is 9.49. The van der Waals surface area contributed by atoms with Gasteiger partial charge < -0.3 is 19.8 Å². The third-order valence-electron chi connectivity index (χ3n) is 5.55. The van der Waals surface area contributed by atoms with Crippen LogP contribution in [0.3, 0.4) is 0 Å². The standard InChI is InChI=1S/C19H32N4O2.HI/c1-15-6-7-17(25-15)16(2)22-18(20-3)21-14-19(8-12-24-13-9-19)23-10-4-5-11-23;/h6-7,16H,4-5,8-14H2,1-3H3,(H2,20,21,22);1H. The molecule has 2 aliphatic rings. The topological polar surface area (TPSA) is 62.0 Å². The fourth-order valence-electron chi connectivity index (χ4n) is 3.95. The van der Waals surface area contributed by atoms with E-state index < -0.39 is 0 Å². The Morgan fingerprint density at radius 1 is 1.27 bits per heavy atom. The van der Waals surface area contributed by atoms with Crippen molar-refractivity contribution in [2.75, 3.05) is 39.9 Å². The molecule has 1 unspecified atom stereocenters. The first-order valence-electron chi connectivity index (χ1n) is 9.49. The van der Waals surface area contributed by atoms with Gasteiger partial charge in [0, 0.05) is 32.3 Å². The van der Waals surface area contributed by atoms with Crippen molar-refractivity contribution in [2.45, 2.75) is 51.1 Å². The van der Waals surface area contributed by atoms with Crippen molar-refractivity contribution in [3.8, 4) is 0 Å². The quantitative estimate of drug-likeness (QED) is 0.389. The van der Waals surface area contributed by atoms with E-state index in [1.54, 1.807) is 0 Å². The van der Waals surface area contributed by atoms with E-state index in [0.29, 0.717) is 0 Å². The number of nitrogens with one attached hydrogen (secondary N) is 2. The Morgan fingerprint density at radius 2 is 1.96 bits per heavy atom. The molecule has 6 nitrogen and oxygen atoms in total. The van der Waals surface area contributed by atoms with Crippen molar-refractivity contribution in [3.63, 3.8) is 0 Å². The van der Waals surface area contributed by atoms with Crippen molar-refractivity contribution in [2.24, 2.45) is 4.99 Å². The highest BCUT2D eigenvalue weighted by Crippen LogP contribution is 2.30. The minimum Gasteiger partial charge on any atom is -0.464 e. The number of furan rings is 1. The summed E-state index contributed by atoms with van der Waals surface area (Å²) >= 11 is 0. The Bertz CT molecular complexity index is 578. The zero-order valence-corrected chi connectivity index (χ0v) is 18.5. The summed E-state index contributed by atoms with van der Waals surface area (Å²) in [6.07, 6.45) is 4.79. The van der Waals surface area contributed by atoms with Gasteiger partial charge in [0.05, 0.1) is 6.04 Å². The molecular formula is C19H33IN4O2. The molecule has 1 aromatic heterocycles. The molecule has 0 saturated carbocycles. The molecule has 0 spiro atoms. The van der Waals surface area contributed by atoms with E-state index in [-0.39, 0.29) is 35.6 Å². The van der Waals surface area contributed by atoms with Gasteiger partial charge in [0.1, 0.15) is 11.5 Å². The summed E-state index contributed by atoms with van der Waals surface area (Å²) in [5.41, 5.74) is 0.191. The van der Waals surface area contributed by atoms with Crippen LogP contribution in [0, 0.1) is 6.92 Å². The largest absolute Gasteiger partial charge is 0.464 e. The van der Waals surface area contributed by atoms with Crippen molar-refractivity contribution >= 4 is 29.9 Å². The molecule has 0 amide bonds. The number of ether oxygens (including phenoxy) is 1. The minimum atomic E-state index is 0. The van der Waals surface area contributed by atoms with E-state index in [0.717, 1.165) is 50.1 Å². The van der Waals surface area contributed by atoms with Crippen molar-refractivity contribution in [3.05, 3.63) is 23.7 Å². The van der Waals surface area contributed by atoms with Crippen LogP contribution in [0.25, 0.3) is 0 Å². The lowest BCUT2D eigenvalue weighted by Gasteiger charge is -2.45. The van der Waals surface area contributed by atoms with Gasteiger partial charge >= 0.3 is 0 Å². The lowest BCUT2D eigenvalue weighted by Crippen LogP contribution is -2.58. The van der Waals surface area contributed by atoms with Crippen LogP contribution in [0.5, 0.6) is 0 Å². The van der Waals surface area contributed by atoms with E-state index in [4.69, 9.17) is 9.15 Å². The zero-order valence-electron chi connectivity index (χ0n) is 16.2. The molecule has 7 heteroatoms. The molecule has 0 radical (unpaired) electrons. The molecule has 26 heavy (non-hydrogen) atoms. The van der Waals surface area contributed by atoms with Gasteiger partial charge in [0.15, 0.2) is 5.96 Å². The van der Waals surface area contributed by atoms with Gasteiger partial charge in [-0.15, -0.1) is 24.0 Å². The van der Waals surface area contributed by atoms with E-state index in [9.17, 15) is 0 Å². The molecule has 2 aliphatic heterocycles. The predicted octanol–water partition coefficient (Wildman–Crippen LogP) is 3.08. The second kappa shape index (κ2) is 9.94. The van der Waals surface area contributed by atoms with Crippen LogP contribution >= 0.6 is 24.0 Å². The van der Waals surface area contributed by atoms with Crippen LogP contribution in [0.4, 0.5) is 0 Å². The monoisotopic (exact) mass is 476 g/mol. The summed E-state index contributed by atoms with van der Waals surface area (Å²) in [6, 6.07) is 4.09. The average Bonchev–Trinajstić information content (AvgIpc) is 3.31. The molecule has 0 aromatic carbocycles. The molecule has 1 aromatic rings. The van der Waals surface area contributed by atoms with Gasteiger partial charge in [-0.2, -0.15) is 0 Å². The lowest BCUT2D eigenvalue weighted by atomic mass is 9.88. The smallest absolute Gasteiger partial charge is 0.191 e. The lowest BCUT2D eigenvalue weighted by molar-refractivity contribution is -0.0164. The molecule has 0 aliphatic carbocycles. The number of hydrogen-bond donors (Lipinski definition) is 2. The number of nitrogens with zero attached hydrogens (tertiary/aromatic N) is 2. The number of guanidine groups is 1. The van der Waals surface area contributed by atoms with Crippen LogP contribution in [0.1, 0.15) is 50.2 Å².